The first-order chi connectivity index (χ1) is 11.1. The van der Waals surface area contributed by atoms with Crippen molar-refractivity contribution in [1.82, 2.24) is 0 Å². The molecule has 122 valence electrons. The van der Waals surface area contributed by atoms with Crippen molar-refractivity contribution < 1.29 is 23.9 Å². The second-order valence-electron chi connectivity index (χ2n) is 4.61. The minimum absolute atomic E-state index is 0.240. The summed E-state index contributed by atoms with van der Waals surface area (Å²) in [6.45, 7) is 1.84. The maximum Gasteiger partial charge on any atom is 0.344 e. The number of nitrogens with zero attached hydrogens (tertiary/aromatic N) is 1. The first-order valence-corrected chi connectivity index (χ1v) is 7.16. The van der Waals surface area contributed by atoms with E-state index in [2.05, 4.69) is 5.32 Å². The number of carbonyl (C=O) groups excluding carboxylic acids is 3. The third kappa shape index (κ3) is 7.09. The van der Waals surface area contributed by atoms with Gasteiger partial charge in [0.1, 0.15) is 6.42 Å². The highest BCUT2D eigenvalue weighted by molar-refractivity contribution is 5.94. The van der Waals surface area contributed by atoms with Crippen LogP contribution in [0.4, 0.5) is 5.69 Å². The summed E-state index contributed by atoms with van der Waals surface area (Å²) in [5.41, 5.74) is 0.699. The van der Waals surface area contributed by atoms with Crippen LogP contribution >= 0.6 is 0 Å². The van der Waals surface area contributed by atoms with Crippen molar-refractivity contribution in [3.05, 3.63) is 29.8 Å². The number of ether oxygens (including phenoxy) is 2. The second kappa shape index (κ2) is 9.95. The summed E-state index contributed by atoms with van der Waals surface area (Å²) in [6.07, 6.45) is 1.42. The van der Waals surface area contributed by atoms with Crippen LogP contribution < -0.4 is 5.32 Å². The molecule has 0 aromatic heterocycles. The van der Waals surface area contributed by atoms with Gasteiger partial charge in [-0.15, -0.1) is 0 Å². The number of amides is 1. The topological polar surface area (TPSA) is 105 Å². The molecule has 0 aliphatic heterocycles. The Morgan fingerprint density at radius 1 is 1.17 bits per heavy atom. The van der Waals surface area contributed by atoms with Crippen LogP contribution in [0.15, 0.2) is 24.3 Å². The number of hydrogen-bond acceptors (Lipinski definition) is 6. The minimum atomic E-state index is -0.660. The minimum Gasteiger partial charge on any atom is -0.463 e. The van der Waals surface area contributed by atoms with Gasteiger partial charge < -0.3 is 14.8 Å². The van der Waals surface area contributed by atoms with Crippen molar-refractivity contribution in [3.8, 4) is 6.07 Å². The van der Waals surface area contributed by atoms with E-state index in [9.17, 15) is 14.4 Å². The molecule has 0 saturated heterocycles. The maximum absolute atomic E-state index is 11.8. The van der Waals surface area contributed by atoms with Crippen molar-refractivity contribution in [2.75, 3.05) is 18.5 Å². The van der Waals surface area contributed by atoms with Crippen LogP contribution in [0.3, 0.4) is 0 Å². The molecule has 1 aromatic rings. The lowest BCUT2D eigenvalue weighted by Crippen LogP contribution is -2.17. The predicted molar refractivity (Wildman–Crippen MR) is 81.5 cm³/mol. The standard InChI is InChI=1S/C16H18N2O5/c1-2-3-10-22-15(20)11-23-16(21)12-4-6-13(7-5-12)18-14(19)8-9-17/h4-7H,2-3,8,10-11H2,1H3,(H,18,19). The van der Waals surface area contributed by atoms with E-state index in [0.717, 1.165) is 12.8 Å². The molecule has 1 aromatic carbocycles. The van der Waals surface area contributed by atoms with Crippen LogP contribution in [0.2, 0.25) is 0 Å². The Balaban J connectivity index is 2.43. The van der Waals surface area contributed by atoms with Gasteiger partial charge in [0.15, 0.2) is 6.61 Å². The van der Waals surface area contributed by atoms with Crippen molar-refractivity contribution in [2.45, 2.75) is 26.2 Å². The van der Waals surface area contributed by atoms with E-state index in [1.165, 1.54) is 24.3 Å². The summed E-state index contributed by atoms with van der Waals surface area (Å²) >= 11 is 0. The molecule has 0 fully saturated rings. The normalized spacial score (nSPS) is 9.57. The van der Waals surface area contributed by atoms with Gasteiger partial charge in [-0.25, -0.2) is 9.59 Å². The Hall–Kier alpha value is -2.88. The van der Waals surface area contributed by atoms with Crippen LogP contribution in [0.25, 0.3) is 0 Å². The van der Waals surface area contributed by atoms with Gasteiger partial charge in [0.05, 0.1) is 18.2 Å². The van der Waals surface area contributed by atoms with Gasteiger partial charge in [0, 0.05) is 5.69 Å². The average molecular weight is 318 g/mol. The maximum atomic E-state index is 11.8. The molecule has 0 bridgehead atoms. The first-order valence-electron chi connectivity index (χ1n) is 7.16. The summed E-state index contributed by atoms with van der Waals surface area (Å²) in [4.78, 5) is 34.3. The molecule has 7 nitrogen and oxygen atoms in total. The van der Waals surface area contributed by atoms with Crippen molar-refractivity contribution in [3.63, 3.8) is 0 Å². The summed E-state index contributed by atoms with van der Waals surface area (Å²) in [5.74, 6) is -1.68. The molecule has 0 aliphatic rings. The van der Waals surface area contributed by atoms with Crippen LogP contribution in [0.5, 0.6) is 0 Å². The summed E-state index contributed by atoms with van der Waals surface area (Å²) < 4.78 is 9.70. The molecule has 0 saturated carbocycles. The smallest absolute Gasteiger partial charge is 0.344 e. The number of hydrogen-bond donors (Lipinski definition) is 1. The van der Waals surface area contributed by atoms with E-state index < -0.39 is 24.5 Å². The highest BCUT2D eigenvalue weighted by atomic mass is 16.6. The van der Waals surface area contributed by atoms with E-state index in [1.807, 2.05) is 6.92 Å². The van der Waals surface area contributed by atoms with Gasteiger partial charge in [0.25, 0.3) is 0 Å². The monoisotopic (exact) mass is 318 g/mol. The number of nitriles is 1. The lowest BCUT2D eigenvalue weighted by atomic mass is 10.2. The molecule has 7 heteroatoms. The number of carbonyl (C=O) groups is 3. The fraction of sp³-hybridized carbons (Fsp3) is 0.375. The molecular formula is C16H18N2O5. The molecule has 1 amide bonds. The zero-order chi connectivity index (χ0) is 17.1. The van der Waals surface area contributed by atoms with Crippen LogP contribution in [0, 0.1) is 11.3 Å². The third-order valence-corrected chi connectivity index (χ3v) is 2.73. The average Bonchev–Trinajstić information content (AvgIpc) is 2.54. The fourth-order valence-electron chi connectivity index (χ4n) is 1.55. The van der Waals surface area contributed by atoms with Crippen molar-refractivity contribution in [2.24, 2.45) is 0 Å². The summed E-state index contributed by atoms with van der Waals surface area (Å²) in [6, 6.07) is 7.65. The Morgan fingerprint density at radius 2 is 1.87 bits per heavy atom. The molecule has 1 N–H and O–H groups in total. The van der Waals surface area contributed by atoms with E-state index in [-0.39, 0.29) is 12.0 Å². The molecule has 0 atom stereocenters. The fourth-order valence-corrected chi connectivity index (χ4v) is 1.55. The van der Waals surface area contributed by atoms with Crippen LogP contribution in [0.1, 0.15) is 36.5 Å². The third-order valence-electron chi connectivity index (χ3n) is 2.73. The lowest BCUT2D eigenvalue weighted by Gasteiger charge is -2.07. The second-order valence-corrected chi connectivity index (χ2v) is 4.61. The molecule has 0 unspecified atom stereocenters. The largest absolute Gasteiger partial charge is 0.463 e. The number of benzene rings is 1. The van der Waals surface area contributed by atoms with Gasteiger partial charge in [-0.1, -0.05) is 13.3 Å². The molecule has 23 heavy (non-hydrogen) atoms. The molecule has 0 heterocycles. The van der Waals surface area contributed by atoms with Crippen molar-refractivity contribution >= 4 is 23.5 Å². The van der Waals surface area contributed by atoms with Crippen LogP contribution in [-0.2, 0) is 19.1 Å². The number of nitrogens with one attached hydrogen (secondary N) is 1. The van der Waals surface area contributed by atoms with Gasteiger partial charge in [0.2, 0.25) is 5.91 Å². The van der Waals surface area contributed by atoms with E-state index in [1.54, 1.807) is 6.07 Å². The van der Waals surface area contributed by atoms with Gasteiger partial charge in [-0.3, -0.25) is 4.79 Å². The van der Waals surface area contributed by atoms with Crippen LogP contribution in [-0.4, -0.2) is 31.1 Å². The Kier molecular flexibility index (Phi) is 7.86. The zero-order valence-corrected chi connectivity index (χ0v) is 12.8. The summed E-state index contributed by atoms with van der Waals surface area (Å²) in [7, 11) is 0. The number of anilines is 1. The molecular weight excluding hydrogens is 300 g/mol. The Morgan fingerprint density at radius 3 is 2.48 bits per heavy atom. The molecule has 1 rings (SSSR count). The lowest BCUT2D eigenvalue weighted by molar-refractivity contribution is -0.147. The number of rotatable bonds is 8. The highest BCUT2D eigenvalue weighted by Gasteiger charge is 2.11. The molecule has 0 aliphatic carbocycles. The highest BCUT2D eigenvalue weighted by Crippen LogP contribution is 2.11. The number of unbranched alkanes of at least 4 members (excludes halogenated alkanes) is 1. The quantitative estimate of drug-likeness (QED) is 0.581. The molecule has 0 radical (unpaired) electrons. The SMILES string of the molecule is CCCCOC(=O)COC(=O)c1ccc(NC(=O)CC#N)cc1. The Labute approximate surface area is 134 Å². The van der Waals surface area contributed by atoms with E-state index >= 15 is 0 Å². The zero-order valence-electron chi connectivity index (χ0n) is 12.8. The first kappa shape index (κ1) is 18.2. The van der Waals surface area contributed by atoms with Gasteiger partial charge in [-0.2, -0.15) is 5.26 Å². The predicted octanol–water partition coefficient (Wildman–Crippen LogP) is 2.04. The Bertz CT molecular complexity index is 589. The van der Waals surface area contributed by atoms with Crippen molar-refractivity contribution in [1.29, 1.82) is 5.26 Å². The van der Waals surface area contributed by atoms with Gasteiger partial charge in [-0.05, 0) is 30.7 Å². The van der Waals surface area contributed by atoms with E-state index in [4.69, 9.17) is 14.7 Å². The van der Waals surface area contributed by atoms with E-state index in [0.29, 0.717) is 12.3 Å². The van der Waals surface area contributed by atoms with Gasteiger partial charge >= 0.3 is 11.9 Å². The summed E-state index contributed by atoms with van der Waals surface area (Å²) in [5, 5.41) is 10.9. The number of esters is 2. The molecule has 0 spiro atoms.